The maximum atomic E-state index is 6.48. The van der Waals surface area contributed by atoms with Crippen molar-refractivity contribution in [2.75, 3.05) is 7.11 Å². The molecule has 27 heavy (non-hydrogen) atoms. The van der Waals surface area contributed by atoms with Gasteiger partial charge >= 0.3 is 0 Å². The molecule has 1 aliphatic carbocycles. The lowest BCUT2D eigenvalue weighted by molar-refractivity contribution is -0.224. The van der Waals surface area contributed by atoms with Crippen LogP contribution in [0, 0.1) is 13.8 Å². The number of rotatable bonds is 4. The van der Waals surface area contributed by atoms with Gasteiger partial charge in [-0.1, -0.05) is 48.0 Å². The first kappa shape index (κ1) is 18.7. The van der Waals surface area contributed by atoms with E-state index in [0.29, 0.717) is 6.04 Å². The Morgan fingerprint density at radius 1 is 1.11 bits per heavy atom. The summed E-state index contributed by atoms with van der Waals surface area (Å²) in [6, 6.07) is 16.0. The largest absolute Gasteiger partial charge is 0.356 e. The number of aryl methyl sites for hydroxylation is 2. The van der Waals surface area contributed by atoms with E-state index in [-0.39, 0.29) is 11.9 Å². The number of ether oxygens (including phenoxy) is 2. The zero-order valence-electron chi connectivity index (χ0n) is 16.8. The summed E-state index contributed by atoms with van der Waals surface area (Å²) < 4.78 is 12.1. The maximum absolute atomic E-state index is 6.48. The van der Waals surface area contributed by atoms with Gasteiger partial charge < -0.3 is 14.8 Å². The van der Waals surface area contributed by atoms with Gasteiger partial charge in [-0.2, -0.15) is 0 Å². The summed E-state index contributed by atoms with van der Waals surface area (Å²) in [5.41, 5.74) is 6.70. The van der Waals surface area contributed by atoms with Gasteiger partial charge in [0.25, 0.3) is 0 Å². The smallest absolute Gasteiger partial charge is 0.162 e. The van der Waals surface area contributed by atoms with E-state index >= 15 is 0 Å². The van der Waals surface area contributed by atoms with Gasteiger partial charge in [0.15, 0.2) is 6.29 Å². The minimum absolute atomic E-state index is 0.125. The van der Waals surface area contributed by atoms with Crippen molar-refractivity contribution in [1.82, 2.24) is 5.32 Å². The van der Waals surface area contributed by atoms with E-state index in [1.165, 1.54) is 27.8 Å². The molecule has 3 nitrogen and oxygen atoms in total. The van der Waals surface area contributed by atoms with Crippen LogP contribution in [0.15, 0.2) is 42.5 Å². The minimum atomic E-state index is -0.173. The van der Waals surface area contributed by atoms with Gasteiger partial charge in [-0.3, -0.25) is 0 Å². The zero-order chi connectivity index (χ0) is 18.9. The Kier molecular flexibility index (Phi) is 5.36. The Labute approximate surface area is 163 Å². The maximum Gasteiger partial charge on any atom is 0.162 e. The molecular weight excluding hydrogens is 334 g/mol. The lowest BCUT2D eigenvalue weighted by Crippen LogP contribution is -2.46. The van der Waals surface area contributed by atoms with Crippen LogP contribution < -0.4 is 5.32 Å². The van der Waals surface area contributed by atoms with Crippen molar-refractivity contribution >= 4 is 0 Å². The molecule has 144 valence electrons. The molecule has 1 heterocycles. The highest BCUT2D eigenvalue weighted by Gasteiger charge is 2.43. The molecule has 1 aliphatic heterocycles. The molecule has 2 aromatic carbocycles. The molecule has 4 rings (SSSR count). The molecule has 1 N–H and O–H groups in total. The molecule has 0 unspecified atom stereocenters. The Hall–Kier alpha value is -1.68. The summed E-state index contributed by atoms with van der Waals surface area (Å²) in [6.45, 7) is 5.31. The Morgan fingerprint density at radius 3 is 2.63 bits per heavy atom. The van der Waals surface area contributed by atoms with E-state index < -0.39 is 0 Å². The standard InChI is InChI=1S/C24H31NO2/c1-17-8-9-20(18(2)14-17)16-25-21-10-12-24(13-11-21)22-7-5-4-6-19(22)15-23(26-3)27-24/h4-9,14,21,23,25H,10-13,15-16H2,1-3H3/t21?,23-,24?/m0/s1. The van der Waals surface area contributed by atoms with Crippen molar-refractivity contribution in [2.24, 2.45) is 0 Å². The molecule has 2 aromatic rings. The van der Waals surface area contributed by atoms with Crippen LogP contribution in [-0.4, -0.2) is 19.4 Å². The van der Waals surface area contributed by atoms with Crippen LogP contribution in [0.2, 0.25) is 0 Å². The fraction of sp³-hybridized carbons (Fsp3) is 0.500. The minimum Gasteiger partial charge on any atom is -0.356 e. The van der Waals surface area contributed by atoms with Crippen LogP contribution in [0.3, 0.4) is 0 Å². The van der Waals surface area contributed by atoms with Crippen LogP contribution >= 0.6 is 0 Å². The van der Waals surface area contributed by atoms with Gasteiger partial charge in [0, 0.05) is 26.1 Å². The molecular formula is C24H31NO2. The molecule has 3 heteroatoms. The number of nitrogens with one attached hydrogen (secondary N) is 1. The summed E-state index contributed by atoms with van der Waals surface area (Å²) in [5.74, 6) is 0. The van der Waals surface area contributed by atoms with Gasteiger partial charge in [0.2, 0.25) is 0 Å². The van der Waals surface area contributed by atoms with Crippen LogP contribution in [-0.2, 0) is 28.0 Å². The van der Waals surface area contributed by atoms with Crippen LogP contribution in [0.5, 0.6) is 0 Å². The molecule has 2 aliphatic rings. The van der Waals surface area contributed by atoms with Crippen LogP contribution in [0.1, 0.15) is 53.5 Å². The van der Waals surface area contributed by atoms with Gasteiger partial charge in [0.1, 0.15) is 0 Å². The van der Waals surface area contributed by atoms with Gasteiger partial charge in [-0.05, 0) is 61.8 Å². The SMILES string of the molecule is CO[C@@H]1Cc2ccccc2C2(CCC(NCc3ccc(C)cc3C)CC2)O1. The van der Waals surface area contributed by atoms with Crippen molar-refractivity contribution in [1.29, 1.82) is 0 Å². The van der Waals surface area contributed by atoms with Crippen molar-refractivity contribution < 1.29 is 9.47 Å². The van der Waals surface area contributed by atoms with Crippen molar-refractivity contribution in [2.45, 2.75) is 70.4 Å². The third-order valence-corrected chi connectivity index (χ3v) is 6.39. The first-order chi connectivity index (χ1) is 13.1. The first-order valence-corrected chi connectivity index (χ1v) is 10.2. The predicted octanol–water partition coefficient (Wildman–Crippen LogP) is 4.78. The Morgan fingerprint density at radius 2 is 1.89 bits per heavy atom. The molecule has 0 amide bonds. The lowest BCUT2D eigenvalue weighted by atomic mass is 9.74. The number of methoxy groups -OCH3 is 1. The highest BCUT2D eigenvalue weighted by molar-refractivity contribution is 5.35. The third kappa shape index (κ3) is 3.82. The number of fused-ring (bicyclic) bond motifs is 2. The number of hydrogen-bond donors (Lipinski definition) is 1. The predicted molar refractivity (Wildman–Crippen MR) is 109 cm³/mol. The highest BCUT2D eigenvalue weighted by Crippen LogP contribution is 2.46. The second kappa shape index (κ2) is 7.75. The van der Waals surface area contributed by atoms with E-state index in [9.17, 15) is 0 Å². The van der Waals surface area contributed by atoms with Crippen molar-refractivity contribution in [3.8, 4) is 0 Å². The topological polar surface area (TPSA) is 30.5 Å². The molecule has 0 bridgehead atoms. The molecule has 1 atom stereocenters. The Bertz CT molecular complexity index is 793. The van der Waals surface area contributed by atoms with Gasteiger partial charge in [-0.15, -0.1) is 0 Å². The number of benzene rings is 2. The average molecular weight is 366 g/mol. The van der Waals surface area contributed by atoms with Crippen molar-refractivity contribution in [3.63, 3.8) is 0 Å². The summed E-state index contributed by atoms with van der Waals surface area (Å²) >= 11 is 0. The van der Waals surface area contributed by atoms with E-state index in [2.05, 4.69) is 61.6 Å². The Balaban J connectivity index is 1.42. The third-order valence-electron chi connectivity index (χ3n) is 6.39. The van der Waals surface area contributed by atoms with Crippen LogP contribution in [0.4, 0.5) is 0 Å². The normalized spacial score (nSPS) is 27.5. The molecule has 0 saturated heterocycles. The second-order valence-electron chi connectivity index (χ2n) is 8.22. The van der Waals surface area contributed by atoms with E-state index in [0.717, 1.165) is 38.6 Å². The van der Waals surface area contributed by atoms with Gasteiger partial charge in [-0.25, -0.2) is 0 Å². The molecule has 1 fully saturated rings. The van der Waals surface area contributed by atoms with E-state index in [1.54, 1.807) is 7.11 Å². The fourth-order valence-electron chi connectivity index (χ4n) is 4.78. The fourth-order valence-corrected chi connectivity index (χ4v) is 4.78. The van der Waals surface area contributed by atoms with E-state index in [1.807, 2.05) is 0 Å². The second-order valence-corrected chi connectivity index (χ2v) is 8.22. The summed E-state index contributed by atoms with van der Waals surface area (Å²) in [7, 11) is 1.75. The molecule has 1 spiro atoms. The van der Waals surface area contributed by atoms with Gasteiger partial charge in [0.05, 0.1) is 5.60 Å². The van der Waals surface area contributed by atoms with Crippen molar-refractivity contribution in [3.05, 3.63) is 70.3 Å². The molecule has 1 saturated carbocycles. The quantitative estimate of drug-likeness (QED) is 0.846. The lowest BCUT2D eigenvalue weighted by Gasteiger charge is -2.46. The monoisotopic (exact) mass is 365 g/mol. The number of hydrogen-bond acceptors (Lipinski definition) is 3. The first-order valence-electron chi connectivity index (χ1n) is 10.2. The zero-order valence-corrected chi connectivity index (χ0v) is 16.8. The average Bonchev–Trinajstić information content (AvgIpc) is 2.68. The summed E-state index contributed by atoms with van der Waals surface area (Å²) in [6.07, 6.45) is 5.09. The van der Waals surface area contributed by atoms with Crippen LogP contribution in [0.25, 0.3) is 0 Å². The van der Waals surface area contributed by atoms with E-state index in [4.69, 9.17) is 9.47 Å². The molecule has 0 radical (unpaired) electrons. The summed E-state index contributed by atoms with van der Waals surface area (Å²) in [4.78, 5) is 0. The highest BCUT2D eigenvalue weighted by atomic mass is 16.7. The molecule has 0 aromatic heterocycles. The summed E-state index contributed by atoms with van der Waals surface area (Å²) in [5, 5.41) is 3.78.